The number of ether oxygens (including phenoxy) is 2. The van der Waals surface area contributed by atoms with Crippen LogP contribution >= 0.6 is 0 Å². The highest BCUT2D eigenvalue weighted by atomic mass is 16.5. The third kappa shape index (κ3) is 3.58. The summed E-state index contributed by atoms with van der Waals surface area (Å²) in [6.45, 7) is 0.368. The number of anilines is 3. The van der Waals surface area contributed by atoms with Gasteiger partial charge in [-0.2, -0.15) is 0 Å². The Balaban J connectivity index is 2.20. The van der Waals surface area contributed by atoms with Crippen molar-refractivity contribution in [1.82, 2.24) is 9.97 Å². The smallest absolute Gasteiger partial charge is 0.158 e. The van der Waals surface area contributed by atoms with E-state index in [9.17, 15) is 0 Å². The van der Waals surface area contributed by atoms with Crippen molar-refractivity contribution in [2.24, 2.45) is 0 Å². The molecule has 0 saturated heterocycles. The van der Waals surface area contributed by atoms with Gasteiger partial charge in [0.15, 0.2) is 5.82 Å². The predicted octanol–water partition coefficient (Wildman–Crippen LogP) is 2.42. The van der Waals surface area contributed by atoms with E-state index in [1.807, 2.05) is 37.4 Å². The van der Waals surface area contributed by atoms with Gasteiger partial charge in [-0.05, 0) is 24.3 Å². The average Bonchev–Trinajstić information content (AvgIpc) is 2.48. The molecule has 1 aromatic heterocycles. The fourth-order valence-electron chi connectivity index (χ4n) is 1.71. The fourth-order valence-corrected chi connectivity index (χ4v) is 1.71. The molecule has 2 rings (SSSR count). The van der Waals surface area contributed by atoms with Crippen molar-refractivity contribution in [1.29, 1.82) is 0 Å². The largest absolute Gasteiger partial charge is 0.497 e. The van der Waals surface area contributed by atoms with Crippen molar-refractivity contribution in [2.75, 3.05) is 31.9 Å². The van der Waals surface area contributed by atoms with E-state index in [2.05, 4.69) is 20.6 Å². The van der Waals surface area contributed by atoms with Crippen LogP contribution in [0.3, 0.4) is 0 Å². The van der Waals surface area contributed by atoms with Crippen LogP contribution in [0.4, 0.5) is 17.3 Å². The van der Waals surface area contributed by atoms with E-state index < -0.39 is 0 Å². The Kier molecular flexibility index (Phi) is 4.73. The van der Waals surface area contributed by atoms with Gasteiger partial charge in [0.25, 0.3) is 0 Å². The zero-order chi connectivity index (χ0) is 14.4. The number of nitrogens with zero attached hydrogens (tertiary/aromatic N) is 2. The summed E-state index contributed by atoms with van der Waals surface area (Å²) < 4.78 is 10.2. The first-order valence-electron chi connectivity index (χ1n) is 6.21. The van der Waals surface area contributed by atoms with Crippen LogP contribution in [0, 0.1) is 0 Å². The normalized spacial score (nSPS) is 10.2. The minimum atomic E-state index is 0.368. The molecule has 0 amide bonds. The third-order valence-corrected chi connectivity index (χ3v) is 2.66. The Hall–Kier alpha value is -2.34. The summed E-state index contributed by atoms with van der Waals surface area (Å²) in [6, 6.07) is 9.46. The van der Waals surface area contributed by atoms with E-state index >= 15 is 0 Å². The fraction of sp³-hybridized carbons (Fsp3) is 0.286. The Morgan fingerprint density at radius 1 is 1.05 bits per heavy atom. The molecule has 0 aliphatic carbocycles. The molecular formula is C14H18N4O2. The summed E-state index contributed by atoms with van der Waals surface area (Å²) in [5.41, 5.74) is 0.926. The Labute approximate surface area is 118 Å². The number of rotatable bonds is 6. The second-order valence-electron chi connectivity index (χ2n) is 4.09. The van der Waals surface area contributed by atoms with E-state index in [0.29, 0.717) is 18.2 Å². The van der Waals surface area contributed by atoms with Gasteiger partial charge in [-0.15, -0.1) is 0 Å². The molecule has 106 valence electrons. The highest BCUT2D eigenvalue weighted by Crippen LogP contribution is 2.20. The van der Waals surface area contributed by atoms with Gasteiger partial charge in [-0.3, -0.25) is 0 Å². The van der Waals surface area contributed by atoms with E-state index in [-0.39, 0.29) is 0 Å². The molecule has 6 nitrogen and oxygen atoms in total. The lowest BCUT2D eigenvalue weighted by atomic mass is 10.3. The Bertz CT molecular complexity index is 558. The van der Waals surface area contributed by atoms with Gasteiger partial charge in [0.05, 0.1) is 7.11 Å². The van der Waals surface area contributed by atoms with Crippen LogP contribution in [-0.4, -0.2) is 31.2 Å². The summed E-state index contributed by atoms with van der Waals surface area (Å²) >= 11 is 0. The lowest BCUT2D eigenvalue weighted by Gasteiger charge is -2.10. The van der Waals surface area contributed by atoms with Crippen LogP contribution in [0.5, 0.6) is 5.75 Å². The predicted molar refractivity (Wildman–Crippen MR) is 78.6 cm³/mol. The van der Waals surface area contributed by atoms with Gasteiger partial charge in [-0.25, -0.2) is 9.97 Å². The van der Waals surface area contributed by atoms with Crippen molar-refractivity contribution in [2.45, 2.75) is 6.61 Å². The summed E-state index contributed by atoms with van der Waals surface area (Å²) in [4.78, 5) is 8.69. The maximum atomic E-state index is 5.13. The highest BCUT2D eigenvalue weighted by Gasteiger charge is 2.04. The minimum absolute atomic E-state index is 0.368. The first-order valence-corrected chi connectivity index (χ1v) is 6.21. The van der Waals surface area contributed by atoms with Gasteiger partial charge in [0, 0.05) is 25.9 Å². The second-order valence-corrected chi connectivity index (χ2v) is 4.09. The van der Waals surface area contributed by atoms with Crippen molar-refractivity contribution in [3.63, 3.8) is 0 Å². The molecule has 20 heavy (non-hydrogen) atoms. The molecule has 0 unspecified atom stereocenters. The van der Waals surface area contributed by atoms with Crippen LogP contribution in [0.2, 0.25) is 0 Å². The molecule has 0 aliphatic rings. The number of aromatic nitrogens is 2. The van der Waals surface area contributed by atoms with E-state index in [1.54, 1.807) is 14.2 Å². The van der Waals surface area contributed by atoms with Gasteiger partial charge in [0.2, 0.25) is 0 Å². The van der Waals surface area contributed by atoms with Gasteiger partial charge in [0.1, 0.15) is 24.0 Å². The molecule has 0 bridgehead atoms. The molecule has 0 fully saturated rings. The van der Waals surface area contributed by atoms with Gasteiger partial charge < -0.3 is 20.1 Å². The van der Waals surface area contributed by atoms with Crippen LogP contribution in [0.25, 0.3) is 0 Å². The molecule has 0 aliphatic heterocycles. The summed E-state index contributed by atoms with van der Waals surface area (Å²) in [5.74, 6) is 2.88. The van der Waals surface area contributed by atoms with Crippen molar-refractivity contribution in [3.05, 3.63) is 36.2 Å². The quantitative estimate of drug-likeness (QED) is 0.843. The third-order valence-electron chi connectivity index (χ3n) is 2.66. The maximum Gasteiger partial charge on any atom is 0.158 e. The lowest BCUT2D eigenvalue weighted by Crippen LogP contribution is -2.04. The summed E-state index contributed by atoms with van der Waals surface area (Å²) in [5, 5.41) is 6.23. The number of nitrogens with one attached hydrogen (secondary N) is 2. The zero-order valence-electron chi connectivity index (χ0n) is 11.8. The first-order chi connectivity index (χ1) is 9.75. The molecule has 2 N–H and O–H groups in total. The van der Waals surface area contributed by atoms with E-state index in [1.165, 1.54) is 0 Å². The number of methoxy groups -OCH3 is 2. The number of hydrogen-bond donors (Lipinski definition) is 2. The molecule has 0 radical (unpaired) electrons. The van der Waals surface area contributed by atoms with Crippen LogP contribution in [0.15, 0.2) is 30.3 Å². The second kappa shape index (κ2) is 6.72. The van der Waals surface area contributed by atoms with Crippen molar-refractivity contribution >= 4 is 17.3 Å². The Morgan fingerprint density at radius 2 is 1.75 bits per heavy atom. The number of benzene rings is 1. The van der Waals surface area contributed by atoms with Crippen LogP contribution < -0.4 is 15.4 Å². The topological polar surface area (TPSA) is 68.3 Å². The lowest BCUT2D eigenvalue weighted by molar-refractivity contribution is 0.178. The van der Waals surface area contributed by atoms with E-state index in [0.717, 1.165) is 17.3 Å². The summed E-state index contributed by atoms with van der Waals surface area (Å²) in [6.07, 6.45) is 0. The molecule has 2 aromatic rings. The number of hydrogen-bond acceptors (Lipinski definition) is 6. The SMILES string of the molecule is CNc1cc(Nc2ccc(OC)cc2)nc(COC)n1. The molecule has 1 heterocycles. The monoisotopic (exact) mass is 274 g/mol. The molecule has 0 atom stereocenters. The molecular weight excluding hydrogens is 256 g/mol. The van der Waals surface area contributed by atoms with Gasteiger partial charge in [-0.1, -0.05) is 0 Å². The van der Waals surface area contributed by atoms with Gasteiger partial charge >= 0.3 is 0 Å². The maximum absolute atomic E-state index is 5.13. The van der Waals surface area contributed by atoms with E-state index in [4.69, 9.17) is 9.47 Å². The van der Waals surface area contributed by atoms with Crippen LogP contribution in [-0.2, 0) is 11.3 Å². The molecule has 1 aromatic carbocycles. The zero-order valence-corrected chi connectivity index (χ0v) is 11.8. The van der Waals surface area contributed by atoms with Crippen molar-refractivity contribution in [3.8, 4) is 5.75 Å². The van der Waals surface area contributed by atoms with Crippen molar-refractivity contribution < 1.29 is 9.47 Å². The molecule has 0 spiro atoms. The Morgan fingerprint density at radius 3 is 2.35 bits per heavy atom. The van der Waals surface area contributed by atoms with Crippen LogP contribution in [0.1, 0.15) is 5.82 Å². The molecule has 0 saturated carbocycles. The molecule has 6 heteroatoms. The standard InChI is InChI=1S/C14H18N4O2/c1-15-12-8-13(18-14(17-12)9-19-2)16-10-4-6-11(20-3)7-5-10/h4-8H,9H2,1-3H3,(H2,15,16,17,18). The first kappa shape index (κ1) is 14.1. The minimum Gasteiger partial charge on any atom is -0.497 e. The average molecular weight is 274 g/mol. The summed E-state index contributed by atoms with van der Waals surface area (Å²) in [7, 11) is 5.07. The highest BCUT2D eigenvalue weighted by molar-refractivity contribution is 5.59.